The van der Waals surface area contributed by atoms with Crippen LogP contribution in [-0.4, -0.2) is 75.7 Å². The maximum atomic E-state index is 13.3. The number of aromatic hydroxyl groups is 2. The molecule has 37 heavy (non-hydrogen) atoms. The van der Waals surface area contributed by atoms with Crippen LogP contribution < -0.4 is 21.7 Å². The second-order valence-electron chi connectivity index (χ2n) is 8.36. The third-order valence-electron chi connectivity index (χ3n) is 5.40. The Bertz CT molecular complexity index is 1060. The molecule has 2 aromatic carbocycles. The fraction of sp³-hybridized carbons (Fsp3) is 0.360. The molecule has 3 amide bonds. The van der Waals surface area contributed by atoms with Crippen LogP contribution in [-0.2, 0) is 32.0 Å². The summed E-state index contributed by atoms with van der Waals surface area (Å²) in [6.07, 6.45) is 2.34. The highest BCUT2D eigenvalue weighted by molar-refractivity contribution is 7.98. The summed E-state index contributed by atoms with van der Waals surface area (Å²) in [4.78, 5) is 49.7. The minimum absolute atomic E-state index is 0.00455. The van der Waals surface area contributed by atoms with E-state index in [1.807, 2.05) is 6.26 Å². The van der Waals surface area contributed by atoms with Gasteiger partial charge in [0.15, 0.2) is 0 Å². The lowest BCUT2D eigenvalue weighted by molar-refractivity contribution is -0.138. The van der Waals surface area contributed by atoms with Crippen molar-refractivity contribution in [3.05, 3.63) is 59.7 Å². The molecule has 0 spiro atoms. The molecular formula is C25H32N4O7S. The Kier molecular flexibility index (Phi) is 11.7. The first-order chi connectivity index (χ1) is 17.6. The van der Waals surface area contributed by atoms with Gasteiger partial charge >= 0.3 is 5.97 Å². The highest BCUT2D eigenvalue weighted by atomic mass is 32.2. The summed E-state index contributed by atoms with van der Waals surface area (Å²) in [5.41, 5.74) is 7.21. The molecular weight excluding hydrogens is 500 g/mol. The molecule has 3 unspecified atom stereocenters. The number of rotatable bonds is 14. The summed E-state index contributed by atoms with van der Waals surface area (Å²) in [7, 11) is 0. The highest BCUT2D eigenvalue weighted by Crippen LogP contribution is 2.14. The molecule has 0 saturated heterocycles. The number of phenols is 2. The highest BCUT2D eigenvalue weighted by Gasteiger charge is 2.29. The van der Waals surface area contributed by atoms with E-state index in [4.69, 9.17) is 10.8 Å². The molecule has 0 heterocycles. The Morgan fingerprint density at radius 1 is 0.811 bits per heavy atom. The minimum Gasteiger partial charge on any atom is -0.508 e. The van der Waals surface area contributed by atoms with Crippen LogP contribution in [0.5, 0.6) is 11.5 Å². The molecule has 200 valence electrons. The van der Waals surface area contributed by atoms with E-state index in [1.54, 1.807) is 24.3 Å². The average Bonchev–Trinajstić information content (AvgIpc) is 2.87. The van der Waals surface area contributed by atoms with Crippen LogP contribution in [0.2, 0.25) is 0 Å². The molecule has 11 nitrogen and oxygen atoms in total. The fourth-order valence-corrected chi connectivity index (χ4v) is 3.86. The molecule has 0 aliphatic carbocycles. The first kappa shape index (κ1) is 29.5. The quantitative estimate of drug-likeness (QED) is 0.177. The number of hydrogen-bond donors (Lipinski definition) is 7. The number of carbonyl (C=O) groups is 4. The van der Waals surface area contributed by atoms with Crippen molar-refractivity contribution in [1.82, 2.24) is 16.0 Å². The number of amides is 3. The molecule has 3 atom stereocenters. The van der Waals surface area contributed by atoms with Crippen molar-refractivity contribution in [1.29, 1.82) is 0 Å². The number of carbonyl (C=O) groups excluding carboxylic acids is 3. The SMILES string of the molecule is CSCCC(N)C(=O)NC(Cc1ccc(O)cc1)C(=O)NC(Cc1ccc(O)cc1)C(=O)NCC(=O)O. The lowest BCUT2D eigenvalue weighted by Gasteiger charge is -2.24. The molecule has 0 aromatic heterocycles. The number of benzene rings is 2. The molecule has 0 fully saturated rings. The van der Waals surface area contributed by atoms with Crippen LogP contribution in [0.15, 0.2) is 48.5 Å². The van der Waals surface area contributed by atoms with E-state index >= 15 is 0 Å². The second-order valence-corrected chi connectivity index (χ2v) is 9.35. The third-order valence-corrected chi connectivity index (χ3v) is 6.05. The van der Waals surface area contributed by atoms with Crippen LogP contribution in [0.4, 0.5) is 0 Å². The van der Waals surface area contributed by atoms with E-state index < -0.39 is 48.4 Å². The number of thioether (sulfide) groups is 1. The summed E-state index contributed by atoms with van der Waals surface area (Å²) < 4.78 is 0. The van der Waals surface area contributed by atoms with Gasteiger partial charge in [-0.25, -0.2) is 0 Å². The summed E-state index contributed by atoms with van der Waals surface area (Å²) in [6.45, 7) is -0.640. The maximum Gasteiger partial charge on any atom is 0.322 e. The number of aliphatic carboxylic acids is 1. The van der Waals surface area contributed by atoms with Crippen molar-refractivity contribution < 1.29 is 34.5 Å². The Hall–Kier alpha value is -3.77. The maximum absolute atomic E-state index is 13.3. The number of carboxylic acids is 1. The smallest absolute Gasteiger partial charge is 0.322 e. The Labute approximate surface area is 218 Å². The molecule has 0 saturated carbocycles. The molecule has 12 heteroatoms. The summed E-state index contributed by atoms with van der Waals surface area (Å²) in [6, 6.07) is 8.97. The molecule has 0 aliphatic heterocycles. The van der Waals surface area contributed by atoms with Gasteiger partial charge in [-0.05, 0) is 53.8 Å². The Morgan fingerprint density at radius 3 is 1.73 bits per heavy atom. The predicted octanol–water partition coefficient (Wildman–Crippen LogP) is 0.134. The van der Waals surface area contributed by atoms with Crippen molar-refractivity contribution in [2.45, 2.75) is 37.4 Å². The molecule has 0 aliphatic rings. The van der Waals surface area contributed by atoms with Gasteiger partial charge in [-0.15, -0.1) is 0 Å². The average molecular weight is 533 g/mol. The summed E-state index contributed by atoms with van der Waals surface area (Å²) in [5.74, 6) is -2.46. The van der Waals surface area contributed by atoms with E-state index in [0.29, 0.717) is 23.3 Å². The minimum atomic E-state index is -1.25. The van der Waals surface area contributed by atoms with Gasteiger partial charge in [0.2, 0.25) is 17.7 Å². The summed E-state index contributed by atoms with van der Waals surface area (Å²) in [5, 5.41) is 35.5. The van der Waals surface area contributed by atoms with Gasteiger partial charge < -0.3 is 37.0 Å². The molecule has 8 N–H and O–H groups in total. The largest absolute Gasteiger partial charge is 0.508 e. The predicted molar refractivity (Wildman–Crippen MR) is 139 cm³/mol. The van der Waals surface area contributed by atoms with E-state index in [-0.39, 0.29) is 24.3 Å². The van der Waals surface area contributed by atoms with Gasteiger partial charge in [0.25, 0.3) is 0 Å². The standard InChI is InChI=1S/C25H32N4O7S/c1-37-11-10-19(26)23(34)28-21(13-16-4-8-18(31)9-5-16)25(36)29-20(24(35)27-14-22(32)33)12-15-2-6-17(30)7-3-15/h2-9,19-21,30-31H,10-14,26H2,1H3,(H,27,35)(H,28,34)(H,29,36)(H,32,33). The van der Waals surface area contributed by atoms with Gasteiger partial charge in [0.05, 0.1) is 6.04 Å². The van der Waals surface area contributed by atoms with E-state index in [0.717, 1.165) is 0 Å². The van der Waals surface area contributed by atoms with Crippen molar-refractivity contribution in [3.63, 3.8) is 0 Å². The van der Waals surface area contributed by atoms with Crippen molar-refractivity contribution in [3.8, 4) is 11.5 Å². The van der Waals surface area contributed by atoms with Gasteiger partial charge in [0.1, 0.15) is 30.1 Å². The second kappa shape index (κ2) is 14.7. The zero-order valence-corrected chi connectivity index (χ0v) is 21.2. The number of nitrogens with two attached hydrogens (primary N) is 1. The molecule has 0 radical (unpaired) electrons. The van der Waals surface area contributed by atoms with Gasteiger partial charge in [-0.3, -0.25) is 19.2 Å². The summed E-state index contributed by atoms with van der Waals surface area (Å²) >= 11 is 1.53. The van der Waals surface area contributed by atoms with Crippen molar-refractivity contribution >= 4 is 35.5 Å². The third kappa shape index (κ3) is 10.4. The van der Waals surface area contributed by atoms with E-state index in [1.165, 1.54) is 36.0 Å². The molecule has 2 rings (SSSR count). The van der Waals surface area contributed by atoms with Gasteiger partial charge in [0, 0.05) is 12.8 Å². The fourth-order valence-electron chi connectivity index (χ4n) is 3.37. The lowest BCUT2D eigenvalue weighted by atomic mass is 10.0. The van der Waals surface area contributed by atoms with Crippen LogP contribution in [0.3, 0.4) is 0 Å². The lowest BCUT2D eigenvalue weighted by Crippen LogP contribution is -2.57. The Balaban J connectivity index is 2.25. The normalized spacial score (nSPS) is 13.1. The van der Waals surface area contributed by atoms with E-state index in [9.17, 15) is 29.4 Å². The van der Waals surface area contributed by atoms with Crippen LogP contribution in [0.1, 0.15) is 17.5 Å². The number of nitrogens with one attached hydrogen (secondary N) is 3. The van der Waals surface area contributed by atoms with E-state index in [2.05, 4.69) is 16.0 Å². The zero-order valence-electron chi connectivity index (χ0n) is 20.3. The topological polar surface area (TPSA) is 191 Å². The first-order valence-corrected chi connectivity index (χ1v) is 12.9. The molecule has 0 bridgehead atoms. The van der Waals surface area contributed by atoms with Crippen molar-refractivity contribution in [2.24, 2.45) is 5.73 Å². The number of hydrogen-bond acceptors (Lipinski definition) is 8. The molecule has 2 aromatic rings. The zero-order chi connectivity index (χ0) is 27.4. The van der Waals surface area contributed by atoms with Gasteiger partial charge in [-0.1, -0.05) is 24.3 Å². The van der Waals surface area contributed by atoms with Gasteiger partial charge in [-0.2, -0.15) is 11.8 Å². The Morgan fingerprint density at radius 2 is 1.27 bits per heavy atom. The monoisotopic (exact) mass is 532 g/mol. The first-order valence-electron chi connectivity index (χ1n) is 11.5. The van der Waals surface area contributed by atoms with Crippen molar-refractivity contribution in [2.75, 3.05) is 18.6 Å². The van der Waals surface area contributed by atoms with Crippen LogP contribution >= 0.6 is 11.8 Å². The number of phenolic OH excluding ortho intramolecular Hbond substituents is 2. The number of carboxylic acid groups (broad SMARTS) is 1. The van der Waals surface area contributed by atoms with Crippen LogP contribution in [0.25, 0.3) is 0 Å². The van der Waals surface area contributed by atoms with Crippen LogP contribution in [0, 0.1) is 0 Å².